The average molecular weight is 458 g/mol. The van der Waals surface area contributed by atoms with Crippen molar-refractivity contribution in [1.82, 2.24) is 0 Å². The Morgan fingerprint density at radius 3 is 2.41 bits per heavy atom. The lowest BCUT2D eigenvalue weighted by atomic mass is 9.94. The monoisotopic (exact) mass is 457 g/mol. The van der Waals surface area contributed by atoms with Crippen LogP contribution >= 0.6 is 0 Å². The minimum absolute atomic E-state index is 0.0161. The molecule has 6 heteroatoms. The van der Waals surface area contributed by atoms with Crippen molar-refractivity contribution in [2.45, 2.75) is 40.0 Å². The van der Waals surface area contributed by atoms with Crippen molar-refractivity contribution in [3.8, 4) is 11.1 Å². The van der Waals surface area contributed by atoms with E-state index in [2.05, 4.69) is 19.2 Å². The normalized spacial score (nSPS) is 10.8. The van der Waals surface area contributed by atoms with E-state index in [1.807, 2.05) is 49.4 Å². The average Bonchev–Trinajstić information content (AvgIpc) is 2.79. The van der Waals surface area contributed by atoms with Crippen LogP contribution in [-0.2, 0) is 17.6 Å². The molecule has 3 aromatic rings. The highest BCUT2D eigenvalue weighted by molar-refractivity contribution is 6.06. The van der Waals surface area contributed by atoms with Gasteiger partial charge in [-0.15, -0.1) is 0 Å². The molecule has 176 valence electrons. The Morgan fingerprint density at radius 2 is 1.79 bits per heavy atom. The Morgan fingerprint density at radius 1 is 1.09 bits per heavy atom. The highest BCUT2D eigenvalue weighted by Gasteiger charge is 2.15. The van der Waals surface area contributed by atoms with E-state index in [0.29, 0.717) is 34.8 Å². The quantitative estimate of drug-likeness (QED) is 0.243. The van der Waals surface area contributed by atoms with Crippen LogP contribution in [0.4, 0.5) is 11.4 Å². The molecule has 0 unspecified atom stereocenters. The first kappa shape index (κ1) is 24.7. The largest absolute Gasteiger partial charge is 0.481 e. The lowest BCUT2D eigenvalue weighted by Crippen LogP contribution is -2.13. The number of hydrogen-bond acceptors (Lipinski definition) is 4. The Bertz CT molecular complexity index is 1210. The summed E-state index contributed by atoms with van der Waals surface area (Å²) in [6.45, 7) is 6.22. The molecule has 5 N–H and O–H groups in total. The van der Waals surface area contributed by atoms with Crippen molar-refractivity contribution in [3.05, 3.63) is 82.4 Å². The van der Waals surface area contributed by atoms with Gasteiger partial charge in [0.1, 0.15) is 0 Å². The molecule has 0 atom stereocenters. The number of nitrogens with two attached hydrogens (primary N) is 1. The van der Waals surface area contributed by atoms with E-state index in [4.69, 9.17) is 16.2 Å². The maximum atomic E-state index is 13.1. The maximum absolute atomic E-state index is 13.1. The number of hydrogen-bond donors (Lipinski definition) is 4. The van der Waals surface area contributed by atoms with Gasteiger partial charge in [0.05, 0.1) is 0 Å². The number of amides is 1. The molecule has 0 spiro atoms. The minimum atomic E-state index is -0.863. The molecule has 0 saturated carbocycles. The summed E-state index contributed by atoms with van der Waals surface area (Å²) in [6.07, 6.45) is 2.54. The van der Waals surface area contributed by atoms with Gasteiger partial charge in [-0.05, 0) is 84.3 Å². The molecule has 0 aliphatic heterocycles. The van der Waals surface area contributed by atoms with Crippen LogP contribution in [0.25, 0.3) is 11.1 Å². The fraction of sp³-hybridized carbons (Fsp3) is 0.250. The minimum Gasteiger partial charge on any atom is -0.481 e. The van der Waals surface area contributed by atoms with Gasteiger partial charge in [0.25, 0.3) is 5.91 Å². The molecule has 0 aliphatic rings. The van der Waals surface area contributed by atoms with Gasteiger partial charge in [-0.2, -0.15) is 0 Å². The first-order valence-corrected chi connectivity index (χ1v) is 11.3. The molecule has 0 heterocycles. The number of carboxylic acids is 1. The maximum Gasteiger partial charge on any atom is 0.303 e. The number of nitrogen functional groups attached to an aromatic ring is 1. The molecule has 6 nitrogen and oxygen atoms in total. The molecule has 34 heavy (non-hydrogen) atoms. The van der Waals surface area contributed by atoms with E-state index in [1.54, 1.807) is 12.1 Å². The van der Waals surface area contributed by atoms with Crippen LogP contribution in [0.15, 0.2) is 54.6 Å². The van der Waals surface area contributed by atoms with Gasteiger partial charge in [-0.3, -0.25) is 9.59 Å². The summed E-state index contributed by atoms with van der Waals surface area (Å²) >= 11 is 0. The molecule has 3 aromatic carbocycles. The summed E-state index contributed by atoms with van der Waals surface area (Å²) in [5, 5.41) is 19.8. The van der Waals surface area contributed by atoms with Crippen LogP contribution in [0.3, 0.4) is 0 Å². The van der Waals surface area contributed by atoms with Crippen LogP contribution < -0.4 is 11.1 Å². The third kappa shape index (κ3) is 6.10. The molecule has 0 saturated heterocycles. The Kier molecular flexibility index (Phi) is 7.84. The summed E-state index contributed by atoms with van der Waals surface area (Å²) in [5.74, 6) is -0.550. The van der Waals surface area contributed by atoms with E-state index in [0.717, 1.165) is 28.7 Å². The fourth-order valence-corrected chi connectivity index (χ4v) is 3.93. The molecule has 1 amide bonds. The predicted octanol–water partition coefficient (Wildman–Crippen LogP) is 5.71. The molecule has 0 aromatic heterocycles. The number of aryl methyl sites for hydroxylation is 2. The Balaban J connectivity index is 1.99. The summed E-state index contributed by atoms with van der Waals surface area (Å²) < 4.78 is 0. The van der Waals surface area contributed by atoms with Gasteiger partial charge in [0.15, 0.2) is 0 Å². The van der Waals surface area contributed by atoms with Gasteiger partial charge in [-0.25, -0.2) is 0 Å². The Hall–Kier alpha value is -3.93. The second kappa shape index (κ2) is 10.8. The van der Waals surface area contributed by atoms with Crippen LogP contribution in [0, 0.1) is 18.3 Å². The van der Waals surface area contributed by atoms with Crippen molar-refractivity contribution in [3.63, 3.8) is 0 Å². The van der Waals surface area contributed by atoms with Crippen LogP contribution in [0.2, 0.25) is 0 Å². The number of nitrogens with one attached hydrogen (secondary N) is 2. The summed E-state index contributed by atoms with van der Waals surface area (Å²) in [4.78, 5) is 24.2. The number of carboxylic acid groups (broad SMARTS) is 1. The number of benzene rings is 3. The van der Waals surface area contributed by atoms with Gasteiger partial charge < -0.3 is 21.6 Å². The number of carbonyl (C=O) groups is 2. The summed E-state index contributed by atoms with van der Waals surface area (Å²) in [7, 11) is 0. The molecule has 0 bridgehead atoms. The zero-order valence-electron chi connectivity index (χ0n) is 19.8. The standard InChI is InChI=1S/C28H31N3O3/c1-17(2)12-19-4-6-20(7-5-19)28(34)31-26-13-18(3)21(9-11-27(32)33)15-24(26)22-8-10-25(30)23(14-22)16-29/h4-8,10,13-17,29H,9,11-12,30H2,1-3H3,(H,31,34)(H,32,33). The molecular weight excluding hydrogens is 426 g/mol. The van der Waals surface area contributed by atoms with Crippen molar-refractivity contribution in [2.24, 2.45) is 5.92 Å². The van der Waals surface area contributed by atoms with Gasteiger partial charge in [-0.1, -0.05) is 32.0 Å². The second-order valence-corrected chi connectivity index (χ2v) is 8.96. The van der Waals surface area contributed by atoms with Crippen LogP contribution in [-0.4, -0.2) is 23.2 Å². The molecular formula is C28H31N3O3. The van der Waals surface area contributed by atoms with E-state index < -0.39 is 5.97 Å². The smallest absolute Gasteiger partial charge is 0.303 e. The van der Waals surface area contributed by atoms with E-state index in [-0.39, 0.29) is 12.3 Å². The summed E-state index contributed by atoms with van der Waals surface area (Å²) in [6, 6.07) is 16.8. The molecule has 0 aliphatic carbocycles. The number of rotatable bonds is 9. The number of aliphatic carboxylic acids is 1. The summed E-state index contributed by atoms with van der Waals surface area (Å²) in [5.41, 5.74) is 12.7. The SMILES string of the molecule is Cc1cc(NC(=O)c2ccc(CC(C)C)cc2)c(-c2ccc(N)c(C=N)c2)cc1CCC(=O)O. The van der Waals surface area contributed by atoms with E-state index in [9.17, 15) is 9.59 Å². The van der Waals surface area contributed by atoms with Gasteiger partial charge >= 0.3 is 5.97 Å². The van der Waals surface area contributed by atoms with Crippen molar-refractivity contribution < 1.29 is 14.7 Å². The van der Waals surface area contributed by atoms with E-state index in [1.165, 1.54) is 11.8 Å². The van der Waals surface area contributed by atoms with Crippen LogP contribution in [0.5, 0.6) is 0 Å². The number of carbonyl (C=O) groups excluding carboxylic acids is 1. The highest BCUT2D eigenvalue weighted by Crippen LogP contribution is 2.33. The zero-order chi connectivity index (χ0) is 24.8. The topological polar surface area (TPSA) is 116 Å². The van der Waals surface area contributed by atoms with Crippen molar-refractivity contribution in [1.29, 1.82) is 5.41 Å². The zero-order valence-corrected chi connectivity index (χ0v) is 19.8. The molecule has 0 fully saturated rings. The van der Waals surface area contributed by atoms with Gasteiger partial charge in [0.2, 0.25) is 0 Å². The van der Waals surface area contributed by atoms with Crippen LogP contribution in [0.1, 0.15) is 52.9 Å². The first-order valence-electron chi connectivity index (χ1n) is 11.3. The first-order chi connectivity index (χ1) is 16.2. The number of anilines is 2. The van der Waals surface area contributed by atoms with Crippen molar-refractivity contribution in [2.75, 3.05) is 11.1 Å². The highest BCUT2D eigenvalue weighted by atomic mass is 16.4. The third-order valence-electron chi connectivity index (χ3n) is 5.75. The fourth-order valence-electron chi connectivity index (χ4n) is 3.93. The second-order valence-electron chi connectivity index (χ2n) is 8.96. The van der Waals surface area contributed by atoms with Gasteiger partial charge in [0, 0.05) is 40.7 Å². The molecule has 0 radical (unpaired) electrons. The lowest BCUT2D eigenvalue weighted by Gasteiger charge is -2.17. The Labute approximate surface area is 200 Å². The lowest BCUT2D eigenvalue weighted by molar-refractivity contribution is -0.136. The van der Waals surface area contributed by atoms with E-state index >= 15 is 0 Å². The predicted molar refractivity (Wildman–Crippen MR) is 138 cm³/mol. The van der Waals surface area contributed by atoms with Crippen molar-refractivity contribution >= 4 is 29.5 Å². The molecule has 3 rings (SSSR count). The third-order valence-corrected chi connectivity index (χ3v) is 5.75.